The maximum Gasteiger partial charge on any atom is 0.267 e. The fourth-order valence-corrected chi connectivity index (χ4v) is 4.15. The van der Waals surface area contributed by atoms with Gasteiger partial charge in [0.05, 0.1) is 11.4 Å². The zero-order valence-corrected chi connectivity index (χ0v) is 14.9. The number of halogens is 1. The van der Waals surface area contributed by atoms with Crippen LogP contribution in [-0.2, 0) is 10.0 Å². The van der Waals surface area contributed by atoms with Gasteiger partial charge in [0.2, 0.25) is 10.0 Å². The molecule has 0 bridgehead atoms. The number of hydrogen-bond donors (Lipinski definition) is 2. The first-order valence-electron chi connectivity index (χ1n) is 7.06. The molecule has 0 aliphatic rings. The van der Waals surface area contributed by atoms with Gasteiger partial charge in [-0.05, 0) is 36.1 Å². The van der Waals surface area contributed by atoms with Crippen molar-refractivity contribution in [1.82, 2.24) is 0 Å². The van der Waals surface area contributed by atoms with Gasteiger partial charge >= 0.3 is 0 Å². The number of nitrogens with one attached hydrogen (secondary N) is 2. The van der Waals surface area contributed by atoms with Gasteiger partial charge in [-0.25, -0.2) is 8.42 Å². The molecular formula is C15H17ClN2O3S2. The molecule has 1 heterocycles. The third-order valence-corrected chi connectivity index (χ3v) is 5.49. The molecular weight excluding hydrogens is 356 g/mol. The van der Waals surface area contributed by atoms with E-state index in [9.17, 15) is 13.2 Å². The molecule has 0 atom stereocenters. The highest BCUT2D eigenvalue weighted by atomic mass is 35.5. The van der Waals surface area contributed by atoms with Crippen LogP contribution >= 0.6 is 22.9 Å². The lowest BCUT2D eigenvalue weighted by Crippen LogP contribution is -2.19. The van der Waals surface area contributed by atoms with Crippen LogP contribution in [0.5, 0.6) is 0 Å². The maximum absolute atomic E-state index is 12.3. The predicted molar refractivity (Wildman–Crippen MR) is 96.0 cm³/mol. The number of sulfonamides is 1. The molecule has 1 amide bonds. The second kappa shape index (κ2) is 7.81. The standard InChI is InChI=1S/C15H17ClN2O3S2/c1-2-3-9-23(20,21)18-13-7-8-22-14(13)15(19)17-12-6-4-5-11(16)10-12/h4-8,10,18H,2-3,9H2,1H3,(H,17,19). The summed E-state index contributed by atoms with van der Waals surface area (Å²) < 4.78 is 26.4. The van der Waals surface area contributed by atoms with Crippen molar-refractivity contribution in [1.29, 1.82) is 0 Å². The Hall–Kier alpha value is -1.57. The summed E-state index contributed by atoms with van der Waals surface area (Å²) in [5, 5.41) is 4.89. The Bertz CT molecular complexity index is 788. The molecule has 124 valence electrons. The third-order valence-electron chi connectivity index (χ3n) is 2.99. The quantitative estimate of drug-likeness (QED) is 0.764. The Balaban J connectivity index is 2.12. The predicted octanol–water partition coefficient (Wildman–Crippen LogP) is 4.20. The van der Waals surface area contributed by atoms with Gasteiger partial charge < -0.3 is 5.32 Å². The van der Waals surface area contributed by atoms with E-state index in [-0.39, 0.29) is 11.7 Å². The number of anilines is 2. The molecule has 8 heteroatoms. The second-order valence-electron chi connectivity index (χ2n) is 4.90. The molecule has 5 nitrogen and oxygen atoms in total. The lowest BCUT2D eigenvalue weighted by molar-refractivity contribution is 0.103. The molecule has 0 fully saturated rings. The number of rotatable bonds is 7. The van der Waals surface area contributed by atoms with E-state index in [1.807, 2.05) is 6.92 Å². The van der Waals surface area contributed by atoms with Crippen molar-refractivity contribution in [3.63, 3.8) is 0 Å². The van der Waals surface area contributed by atoms with E-state index < -0.39 is 10.0 Å². The first-order valence-corrected chi connectivity index (χ1v) is 9.97. The SMILES string of the molecule is CCCCS(=O)(=O)Nc1ccsc1C(=O)Nc1cccc(Cl)c1. The molecule has 0 aliphatic heterocycles. The van der Waals surface area contributed by atoms with Crippen LogP contribution in [0.25, 0.3) is 0 Å². The minimum absolute atomic E-state index is 0.0364. The summed E-state index contributed by atoms with van der Waals surface area (Å²) in [5.74, 6) is -0.343. The molecule has 2 aromatic rings. The van der Waals surface area contributed by atoms with Crippen LogP contribution in [-0.4, -0.2) is 20.1 Å². The van der Waals surface area contributed by atoms with Crippen molar-refractivity contribution in [3.05, 3.63) is 45.6 Å². The summed E-state index contributed by atoms with van der Waals surface area (Å²) in [6.07, 6.45) is 1.36. The third kappa shape index (κ3) is 5.23. The summed E-state index contributed by atoms with van der Waals surface area (Å²) in [4.78, 5) is 12.6. The van der Waals surface area contributed by atoms with E-state index in [1.54, 1.807) is 35.7 Å². The molecule has 2 rings (SSSR count). The van der Waals surface area contributed by atoms with E-state index >= 15 is 0 Å². The van der Waals surface area contributed by atoms with Gasteiger partial charge in [-0.15, -0.1) is 11.3 Å². The number of unbranched alkanes of at least 4 members (excludes halogenated alkanes) is 1. The molecule has 2 N–H and O–H groups in total. The topological polar surface area (TPSA) is 75.3 Å². The van der Waals surface area contributed by atoms with E-state index in [0.717, 1.165) is 6.42 Å². The summed E-state index contributed by atoms with van der Waals surface area (Å²) in [6.45, 7) is 1.92. The number of amides is 1. The number of carbonyl (C=O) groups excluding carboxylic acids is 1. The van der Waals surface area contributed by atoms with Gasteiger partial charge in [0, 0.05) is 10.7 Å². The van der Waals surface area contributed by atoms with Crippen molar-refractivity contribution in [2.24, 2.45) is 0 Å². The summed E-state index contributed by atoms with van der Waals surface area (Å²) in [7, 11) is -3.45. The molecule has 0 radical (unpaired) electrons. The lowest BCUT2D eigenvalue weighted by Gasteiger charge is -2.09. The average molecular weight is 373 g/mol. The lowest BCUT2D eigenvalue weighted by atomic mass is 10.3. The molecule has 0 spiro atoms. The van der Waals surface area contributed by atoms with Gasteiger partial charge in [0.1, 0.15) is 4.88 Å². The molecule has 0 aliphatic carbocycles. The molecule has 23 heavy (non-hydrogen) atoms. The Morgan fingerprint density at radius 3 is 2.78 bits per heavy atom. The van der Waals surface area contributed by atoms with Gasteiger partial charge in [-0.1, -0.05) is 31.0 Å². The van der Waals surface area contributed by atoms with Crippen molar-refractivity contribution < 1.29 is 13.2 Å². The molecule has 1 aromatic heterocycles. The second-order valence-corrected chi connectivity index (χ2v) is 8.10. The zero-order chi connectivity index (χ0) is 16.9. The van der Waals surface area contributed by atoms with Crippen LogP contribution in [0.4, 0.5) is 11.4 Å². The van der Waals surface area contributed by atoms with Crippen LogP contribution in [0.1, 0.15) is 29.4 Å². The highest BCUT2D eigenvalue weighted by molar-refractivity contribution is 7.92. The number of benzene rings is 1. The van der Waals surface area contributed by atoms with Gasteiger partial charge in [-0.2, -0.15) is 0 Å². The monoisotopic (exact) mass is 372 g/mol. The van der Waals surface area contributed by atoms with Crippen LogP contribution in [0.15, 0.2) is 35.7 Å². The molecule has 0 unspecified atom stereocenters. The Kier molecular flexibility index (Phi) is 6.04. The van der Waals surface area contributed by atoms with E-state index in [0.29, 0.717) is 27.7 Å². The van der Waals surface area contributed by atoms with Gasteiger partial charge in [0.15, 0.2) is 0 Å². The normalized spacial score (nSPS) is 11.2. The van der Waals surface area contributed by atoms with E-state index in [1.165, 1.54) is 11.3 Å². The number of hydrogen-bond acceptors (Lipinski definition) is 4. The van der Waals surface area contributed by atoms with Crippen LogP contribution < -0.4 is 10.0 Å². The smallest absolute Gasteiger partial charge is 0.267 e. The average Bonchev–Trinajstić information content (AvgIpc) is 2.92. The van der Waals surface area contributed by atoms with Crippen molar-refractivity contribution in [2.75, 3.05) is 15.8 Å². The summed E-state index contributed by atoms with van der Waals surface area (Å²) >= 11 is 7.05. The fraction of sp³-hybridized carbons (Fsp3) is 0.267. The Morgan fingerprint density at radius 1 is 1.30 bits per heavy atom. The van der Waals surface area contributed by atoms with E-state index in [2.05, 4.69) is 10.0 Å². The number of thiophene rings is 1. The van der Waals surface area contributed by atoms with Gasteiger partial charge in [0.25, 0.3) is 5.91 Å². The number of carbonyl (C=O) groups is 1. The largest absolute Gasteiger partial charge is 0.321 e. The van der Waals surface area contributed by atoms with Gasteiger partial charge in [-0.3, -0.25) is 9.52 Å². The Morgan fingerprint density at radius 2 is 2.09 bits per heavy atom. The molecule has 0 saturated heterocycles. The van der Waals surface area contributed by atoms with E-state index in [4.69, 9.17) is 11.6 Å². The summed E-state index contributed by atoms with van der Waals surface area (Å²) in [5.41, 5.74) is 0.848. The highest BCUT2D eigenvalue weighted by Gasteiger charge is 2.18. The summed E-state index contributed by atoms with van der Waals surface area (Å²) in [6, 6.07) is 8.35. The first-order chi connectivity index (χ1) is 10.9. The Labute approximate surface area is 144 Å². The van der Waals surface area contributed by atoms with Crippen molar-refractivity contribution in [3.8, 4) is 0 Å². The van der Waals surface area contributed by atoms with Crippen LogP contribution in [0.3, 0.4) is 0 Å². The minimum Gasteiger partial charge on any atom is -0.321 e. The van der Waals surface area contributed by atoms with Crippen molar-refractivity contribution in [2.45, 2.75) is 19.8 Å². The molecule has 1 aromatic carbocycles. The first kappa shape index (κ1) is 17.8. The fourth-order valence-electron chi connectivity index (χ4n) is 1.87. The highest BCUT2D eigenvalue weighted by Crippen LogP contribution is 2.25. The zero-order valence-electron chi connectivity index (χ0n) is 12.5. The molecule has 0 saturated carbocycles. The van der Waals surface area contributed by atoms with Crippen molar-refractivity contribution >= 4 is 50.2 Å². The van der Waals surface area contributed by atoms with Crippen LogP contribution in [0, 0.1) is 0 Å². The minimum atomic E-state index is -3.45. The van der Waals surface area contributed by atoms with Crippen LogP contribution in [0.2, 0.25) is 5.02 Å². The maximum atomic E-state index is 12.3.